The molecule has 1 amide bonds. The number of nitrogens with one attached hydrogen (secondary N) is 1. The number of rotatable bonds is 18. The van der Waals surface area contributed by atoms with E-state index in [1.165, 1.54) is 0 Å². The first kappa shape index (κ1) is 32.6. The second-order valence-corrected chi connectivity index (χ2v) is 10.7. The normalized spacial score (nSPS) is 11.9. The summed E-state index contributed by atoms with van der Waals surface area (Å²) in [5.41, 5.74) is 4.52. The molecular weight excluding hydrogens is 556 g/mol. The van der Waals surface area contributed by atoms with Gasteiger partial charge in [0, 0.05) is 64.3 Å². The van der Waals surface area contributed by atoms with E-state index in [0.29, 0.717) is 32.7 Å². The second-order valence-electron chi connectivity index (χ2n) is 10.7. The van der Waals surface area contributed by atoms with Crippen molar-refractivity contribution in [1.29, 1.82) is 0 Å². The van der Waals surface area contributed by atoms with Gasteiger partial charge in [-0.3, -0.25) is 34.3 Å². The zero-order valence-electron chi connectivity index (χ0n) is 24.8. The molecule has 4 aromatic rings. The van der Waals surface area contributed by atoms with Crippen molar-refractivity contribution < 1.29 is 19.8 Å². The Labute approximate surface area is 258 Å². The largest absolute Gasteiger partial charge is 0.394 e. The molecule has 0 saturated heterocycles. The van der Waals surface area contributed by atoms with Gasteiger partial charge >= 0.3 is 0 Å². The molecule has 3 aromatic heterocycles. The third-order valence-electron chi connectivity index (χ3n) is 7.00. The Morgan fingerprint density at radius 2 is 1.16 bits per heavy atom. The predicted molar refractivity (Wildman–Crippen MR) is 167 cm³/mol. The van der Waals surface area contributed by atoms with Gasteiger partial charge in [-0.25, -0.2) is 0 Å². The van der Waals surface area contributed by atoms with Crippen LogP contribution in [0.15, 0.2) is 97.5 Å². The van der Waals surface area contributed by atoms with Crippen molar-refractivity contribution in [2.75, 3.05) is 32.8 Å². The molecule has 1 aromatic carbocycles. The third kappa shape index (κ3) is 11.7. The van der Waals surface area contributed by atoms with Gasteiger partial charge in [0.25, 0.3) is 0 Å². The molecular formula is C34H40N6O4. The highest BCUT2D eigenvalue weighted by atomic mass is 16.3. The minimum absolute atomic E-state index is 0.000961. The van der Waals surface area contributed by atoms with Gasteiger partial charge in [0.05, 0.1) is 42.8 Å². The fourth-order valence-corrected chi connectivity index (χ4v) is 4.73. The highest BCUT2D eigenvalue weighted by molar-refractivity contribution is 5.83. The topological polar surface area (TPSA) is 132 Å². The molecule has 44 heavy (non-hydrogen) atoms. The van der Waals surface area contributed by atoms with Gasteiger partial charge in [-0.15, -0.1) is 0 Å². The van der Waals surface area contributed by atoms with Gasteiger partial charge in [-0.1, -0.05) is 42.5 Å². The minimum atomic E-state index is -0.977. The molecule has 0 aliphatic carbocycles. The molecule has 0 unspecified atom stereocenters. The summed E-state index contributed by atoms with van der Waals surface area (Å²) in [6.07, 6.45) is 4.81. The first-order valence-electron chi connectivity index (χ1n) is 14.8. The van der Waals surface area contributed by atoms with Crippen LogP contribution in [0.25, 0.3) is 0 Å². The van der Waals surface area contributed by atoms with Crippen LogP contribution in [0.2, 0.25) is 0 Å². The van der Waals surface area contributed by atoms with Crippen LogP contribution in [0.3, 0.4) is 0 Å². The SMILES string of the molecule is O=C(Cc1ccc(CC(=O)NC[C@@H](O)CO)cc1)CN(CCN(Cc1ccccn1)Cc1ccccn1)Cc1ccccn1. The van der Waals surface area contributed by atoms with E-state index >= 15 is 0 Å². The summed E-state index contributed by atoms with van der Waals surface area (Å²) >= 11 is 0. The fourth-order valence-electron chi connectivity index (χ4n) is 4.73. The molecule has 3 heterocycles. The Morgan fingerprint density at radius 1 is 0.682 bits per heavy atom. The lowest BCUT2D eigenvalue weighted by atomic mass is 10.0. The van der Waals surface area contributed by atoms with Crippen molar-refractivity contribution in [2.45, 2.75) is 38.6 Å². The number of carbonyl (C=O) groups excluding carboxylic acids is 2. The number of Topliss-reactive ketones (excluding diaryl/α,β-unsaturated/α-hetero) is 1. The Balaban J connectivity index is 1.37. The Kier molecular flexibility index (Phi) is 13.1. The Morgan fingerprint density at radius 3 is 1.64 bits per heavy atom. The fraction of sp³-hybridized carbons (Fsp3) is 0.324. The predicted octanol–water partition coefficient (Wildman–Crippen LogP) is 2.20. The van der Waals surface area contributed by atoms with Gasteiger partial charge in [-0.2, -0.15) is 0 Å². The number of aliphatic hydroxyl groups excluding tert-OH is 2. The van der Waals surface area contributed by atoms with E-state index in [1.807, 2.05) is 78.9 Å². The molecule has 0 aliphatic heterocycles. The van der Waals surface area contributed by atoms with Crippen molar-refractivity contribution in [3.63, 3.8) is 0 Å². The first-order chi connectivity index (χ1) is 21.5. The maximum Gasteiger partial charge on any atom is 0.224 e. The summed E-state index contributed by atoms with van der Waals surface area (Å²) < 4.78 is 0. The molecule has 0 spiro atoms. The van der Waals surface area contributed by atoms with Crippen LogP contribution < -0.4 is 5.32 Å². The number of amides is 1. The lowest BCUT2D eigenvalue weighted by molar-refractivity contribution is -0.121. The molecule has 4 rings (SSSR count). The maximum absolute atomic E-state index is 13.3. The van der Waals surface area contributed by atoms with Crippen molar-refractivity contribution >= 4 is 11.7 Å². The number of pyridine rings is 3. The van der Waals surface area contributed by atoms with Crippen LogP contribution in [0.1, 0.15) is 28.2 Å². The number of hydrogen-bond donors (Lipinski definition) is 3. The number of nitrogens with zero attached hydrogens (tertiary/aromatic N) is 5. The summed E-state index contributed by atoms with van der Waals surface area (Å²) in [6, 6.07) is 25.0. The quantitative estimate of drug-likeness (QED) is 0.158. The summed E-state index contributed by atoms with van der Waals surface area (Å²) in [5, 5.41) is 20.9. The highest BCUT2D eigenvalue weighted by Gasteiger charge is 2.16. The Hall–Kier alpha value is -4.35. The van der Waals surface area contributed by atoms with E-state index in [9.17, 15) is 14.7 Å². The van der Waals surface area contributed by atoms with Crippen LogP contribution in [0.5, 0.6) is 0 Å². The standard InChI is InChI=1S/C34H40N6O4/c41-26-33(43)21-38-34(44)20-28-12-10-27(11-13-28)19-32(42)25-40(24-31-9-3-6-16-37-31)18-17-39(22-29-7-1-4-14-35-29)23-30-8-2-5-15-36-30/h1-16,33,41,43H,17-26H2,(H,38,44)/t33-/m1/s1. The van der Waals surface area contributed by atoms with E-state index in [1.54, 1.807) is 18.6 Å². The van der Waals surface area contributed by atoms with E-state index in [4.69, 9.17) is 5.11 Å². The number of aromatic nitrogens is 3. The third-order valence-corrected chi connectivity index (χ3v) is 7.00. The van der Waals surface area contributed by atoms with Crippen molar-refractivity contribution in [3.05, 3.63) is 126 Å². The zero-order valence-corrected chi connectivity index (χ0v) is 24.8. The van der Waals surface area contributed by atoms with E-state index < -0.39 is 12.7 Å². The van der Waals surface area contributed by atoms with Crippen LogP contribution >= 0.6 is 0 Å². The van der Waals surface area contributed by atoms with Crippen molar-refractivity contribution in [3.8, 4) is 0 Å². The molecule has 0 fully saturated rings. The number of ketones is 1. The molecule has 10 heteroatoms. The molecule has 1 atom stereocenters. The van der Waals surface area contributed by atoms with Crippen LogP contribution in [0, 0.1) is 0 Å². The molecule has 0 saturated carbocycles. The number of benzene rings is 1. The van der Waals surface area contributed by atoms with Gasteiger partial charge < -0.3 is 15.5 Å². The van der Waals surface area contributed by atoms with Crippen molar-refractivity contribution in [2.24, 2.45) is 0 Å². The lowest BCUT2D eigenvalue weighted by Gasteiger charge is -2.27. The zero-order chi connectivity index (χ0) is 31.0. The van der Waals surface area contributed by atoms with E-state index in [2.05, 4.69) is 30.1 Å². The van der Waals surface area contributed by atoms with Crippen LogP contribution in [-0.2, 0) is 42.1 Å². The number of aliphatic hydroxyl groups is 2. The second kappa shape index (κ2) is 17.7. The monoisotopic (exact) mass is 596 g/mol. The molecule has 3 N–H and O–H groups in total. The van der Waals surface area contributed by atoms with Gasteiger partial charge in [0.1, 0.15) is 0 Å². The summed E-state index contributed by atoms with van der Waals surface area (Å²) in [5.74, 6) is -0.156. The summed E-state index contributed by atoms with van der Waals surface area (Å²) in [4.78, 5) is 43.3. The molecule has 0 bridgehead atoms. The molecule has 10 nitrogen and oxygen atoms in total. The Bertz CT molecular complexity index is 1370. The maximum atomic E-state index is 13.3. The van der Waals surface area contributed by atoms with Crippen LogP contribution in [0.4, 0.5) is 0 Å². The average Bonchev–Trinajstić information content (AvgIpc) is 3.04. The van der Waals surface area contributed by atoms with Gasteiger partial charge in [-0.05, 0) is 47.5 Å². The van der Waals surface area contributed by atoms with Gasteiger partial charge in [0.15, 0.2) is 5.78 Å². The number of hydrogen-bond acceptors (Lipinski definition) is 9. The summed E-state index contributed by atoms with van der Waals surface area (Å²) in [7, 11) is 0. The minimum Gasteiger partial charge on any atom is -0.394 e. The molecule has 0 radical (unpaired) electrons. The average molecular weight is 597 g/mol. The highest BCUT2D eigenvalue weighted by Crippen LogP contribution is 2.11. The lowest BCUT2D eigenvalue weighted by Crippen LogP contribution is -2.38. The van der Waals surface area contributed by atoms with Gasteiger partial charge in [0.2, 0.25) is 5.91 Å². The van der Waals surface area contributed by atoms with E-state index in [-0.39, 0.29) is 37.6 Å². The van der Waals surface area contributed by atoms with Crippen molar-refractivity contribution in [1.82, 2.24) is 30.1 Å². The summed E-state index contributed by atoms with van der Waals surface area (Å²) in [6.45, 7) is 3.10. The number of carbonyl (C=O) groups is 2. The smallest absolute Gasteiger partial charge is 0.224 e. The van der Waals surface area contributed by atoms with E-state index in [0.717, 1.165) is 28.2 Å². The first-order valence-corrected chi connectivity index (χ1v) is 14.8. The molecule has 0 aliphatic rings. The van der Waals surface area contributed by atoms with Crippen LogP contribution in [-0.4, -0.2) is 85.5 Å². The molecule has 230 valence electrons.